The molecule has 0 spiro atoms. The highest BCUT2D eigenvalue weighted by molar-refractivity contribution is 7.98. The minimum Gasteiger partial charge on any atom is -0.444 e. The van der Waals surface area contributed by atoms with Gasteiger partial charge in [-0.3, -0.25) is 0 Å². The molecule has 0 unspecified atom stereocenters. The van der Waals surface area contributed by atoms with Gasteiger partial charge in [-0.1, -0.05) is 0 Å². The van der Waals surface area contributed by atoms with Crippen molar-refractivity contribution in [3.05, 3.63) is 22.5 Å². The Hall–Kier alpha value is -1.21. The van der Waals surface area contributed by atoms with Gasteiger partial charge in [0, 0.05) is 41.8 Å². The van der Waals surface area contributed by atoms with E-state index in [0.29, 0.717) is 11.9 Å². The van der Waals surface area contributed by atoms with Gasteiger partial charge < -0.3 is 19.6 Å². The highest BCUT2D eigenvalue weighted by Crippen LogP contribution is 2.19. The van der Waals surface area contributed by atoms with E-state index in [2.05, 4.69) is 10.6 Å². The first-order chi connectivity index (χ1) is 9.69. The summed E-state index contributed by atoms with van der Waals surface area (Å²) in [5.41, 5.74) is 0.726. The second kappa shape index (κ2) is 9.68. The fraction of sp³-hybridized carbons (Fsp3) is 0.643. The average molecular weight is 320 g/mol. The molecule has 1 amide bonds. The zero-order chi connectivity index (χ0) is 16.5. The molecule has 0 atom stereocenters. The number of alkyl carbamates (subject to hydrolysis) is 1. The molecule has 0 rings (SSSR count). The summed E-state index contributed by atoms with van der Waals surface area (Å²) < 4.78 is 23.1. The molecule has 0 aromatic heterocycles. The third-order valence-corrected chi connectivity index (χ3v) is 3.14. The molecular weight excluding hydrogens is 295 g/mol. The van der Waals surface area contributed by atoms with Crippen molar-refractivity contribution in [3.63, 3.8) is 0 Å². The van der Waals surface area contributed by atoms with E-state index in [-0.39, 0.29) is 13.2 Å². The topological polar surface area (TPSA) is 59.6 Å². The van der Waals surface area contributed by atoms with Crippen LogP contribution in [0.3, 0.4) is 0 Å². The predicted molar refractivity (Wildman–Crippen MR) is 84.4 cm³/mol. The first-order valence-corrected chi connectivity index (χ1v) is 7.33. The van der Waals surface area contributed by atoms with Crippen molar-refractivity contribution in [2.75, 3.05) is 20.2 Å². The van der Waals surface area contributed by atoms with E-state index in [1.807, 2.05) is 20.9 Å². The van der Waals surface area contributed by atoms with Crippen LogP contribution < -0.4 is 10.6 Å². The number of ether oxygens (including phenoxy) is 1. The van der Waals surface area contributed by atoms with Gasteiger partial charge in [0.2, 0.25) is 0 Å². The lowest BCUT2D eigenvalue weighted by Gasteiger charge is -2.19. The minimum absolute atomic E-state index is 0.0414. The number of hydrogen-bond donors (Lipinski definition) is 2. The highest BCUT2D eigenvalue weighted by atomic mass is 32.2. The Labute approximate surface area is 130 Å². The van der Waals surface area contributed by atoms with Crippen molar-refractivity contribution >= 4 is 18.1 Å². The molecule has 0 aliphatic carbocycles. The lowest BCUT2D eigenvalue weighted by molar-refractivity contribution is 0.0532. The fourth-order valence-corrected chi connectivity index (χ4v) is 1.67. The summed E-state index contributed by atoms with van der Waals surface area (Å²) in [6, 6.07) is 0. The van der Waals surface area contributed by atoms with Crippen LogP contribution in [0.15, 0.2) is 22.5 Å². The van der Waals surface area contributed by atoms with E-state index >= 15 is 0 Å². The summed E-state index contributed by atoms with van der Waals surface area (Å²) in [4.78, 5) is 12.4. The Bertz CT molecular complexity index is 404. The van der Waals surface area contributed by atoms with Crippen molar-refractivity contribution in [1.82, 2.24) is 10.6 Å². The van der Waals surface area contributed by atoms with Gasteiger partial charge in [0.05, 0.1) is 12.9 Å². The molecule has 0 saturated heterocycles. The zero-order valence-corrected chi connectivity index (χ0v) is 14.3. The van der Waals surface area contributed by atoms with Crippen LogP contribution in [0.2, 0.25) is 0 Å². The first kappa shape index (κ1) is 19.8. The molecule has 0 fully saturated rings. The first-order valence-electron chi connectivity index (χ1n) is 6.59. The third kappa shape index (κ3) is 10.2. The molecule has 5 nitrogen and oxygen atoms in total. The molecule has 0 aliphatic rings. The van der Waals surface area contributed by atoms with Crippen molar-refractivity contribution in [2.45, 2.75) is 40.2 Å². The molecule has 7 heteroatoms. The van der Waals surface area contributed by atoms with Crippen LogP contribution >= 0.6 is 12.0 Å². The van der Waals surface area contributed by atoms with Gasteiger partial charge in [-0.25, -0.2) is 9.18 Å². The van der Waals surface area contributed by atoms with Gasteiger partial charge in [-0.2, -0.15) is 0 Å². The molecule has 21 heavy (non-hydrogen) atoms. The van der Waals surface area contributed by atoms with Crippen molar-refractivity contribution < 1.29 is 18.1 Å². The van der Waals surface area contributed by atoms with E-state index in [1.54, 1.807) is 20.8 Å². The van der Waals surface area contributed by atoms with Crippen LogP contribution in [0.4, 0.5) is 9.18 Å². The van der Waals surface area contributed by atoms with Gasteiger partial charge >= 0.3 is 6.09 Å². The summed E-state index contributed by atoms with van der Waals surface area (Å²) >= 11 is 1.16. The number of hydrogen-bond acceptors (Lipinski definition) is 5. The maximum atomic E-state index is 12.7. The SMILES string of the molecule is CN/C(C)=C(/C)SOC/C(=C/F)CNC(=O)OC(C)(C)C. The fourth-order valence-electron chi connectivity index (χ4n) is 1.05. The molecule has 2 N–H and O–H groups in total. The quantitative estimate of drug-likeness (QED) is 0.703. The maximum absolute atomic E-state index is 12.7. The van der Waals surface area contributed by atoms with E-state index in [0.717, 1.165) is 22.6 Å². The van der Waals surface area contributed by atoms with Gasteiger partial charge in [0.1, 0.15) is 5.60 Å². The average Bonchev–Trinajstić information content (AvgIpc) is 2.39. The number of nitrogens with one attached hydrogen (secondary N) is 2. The Balaban J connectivity index is 4.12. The normalized spacial score (nSPS) is 13.6. The zero-order valence-electron chi connectivity index (χ0n) is 13.5. The highest BCUT2D eigenvalue weighted by Gasteiger charge is 2.16. The van der Waals surface area contributed by atoms with Gasteiger partial charge in [-0.05, 0) is 34.6 Å². The van der Waals surface area contributed by atoms with Crippen molar-refractivity contribution in [1.29, 1.82) is 0 Å². The van der Waals surface area contributed by atoms with Crippen LogP contribution in [-0.2, 0) is 8.92 Å². The Kier molecular flexibility index (Phi) is 9.12. The molecule has 0 radical (unpaired) electrons. The van der Waals surface area contributed by atoms with Crippen LogP contribution in [0.25, 0.3) is 0 Å². The number of rotatable bonds is 7. The van der Waals surface area contributed by atoms with Crippen LogP contribution in [0, 0.1) is 0 Å². The summed E-state index contributed by atoms with van der Waals surface area (Å²) in [5.74, 6) is 0. The minimum atomic E-state index is -0.586. The number of allylic oxidation sites excluding steroid dienone is 2. The van der Waals surface area contributed by atoms with E-state index in [4.69, 9.17) is 8.92 Å². The molecule has 122 valence electrons. The number of halogens is 1. The van der Waals surface area contributed by atoms with Gasteiger partial charge in [-0.15, -0.1) is 0 Å². The third-order valence-electron chi connectivity index (χ3n) is 2.34. The molecule has 0 saturated carbocycles. The number of carbonyl (C=O) groups excluding carboxylic acids is 1. The Morgan fingerprint density at radius 2 is 1.95 bits per heavy atom. The molecule has 0 aromatic carbocycles. The van der Waals surface area contributed by atoms with E-state index < -0.39 is 11.7 Å². The largest absolute Gasteiger partial charge is 0.444 e. The second-order valence-electron chi connectivity index (χ2n) is 5.40. The summed E-state index contributed by atoms with van der Waals surface area (Å²) in [6.45, 7) is 9.22. The summed E-state index contributed by atoms with van der Waals surface area (Å²) in [5, 5.41) is 5.47. The monoisotopic (exact) mass is 320 g/mol. The Morgan fingerprint density at radius 1 is 1.33 bits per heavy atom. The van der Waals surface area contributed by atoms with Crippen LogP contribution in [-0.4, -0.2) is 31.9 Å². The predicted octanol–water partition coefficient (Wildman–Crippen LogP) is 3.50. The lowest BCUT2D eigenvalue weighted by atomic mass is 10.2. The molecule has 0 heterocycles. The van der Waals surface area contributed by atoms with Gasteiger partial charge in [0.15, 0.2) is 0 Å². The number of amides is 1. The molecule has 0 bridgehead atoms. The number of carbonyl (C=O) groups is 1. The van der Waals surface area contributed by atoms with E-state index in [9.17, 15) is 9.18 Å². The summed E-state index contributed by atoms with van der Waals surface area (Å²) in [6.07, 6.45) is -0.154. The van der Waals surface area contributed by atoms with Crippen LogP contribution in [0.1, 0.15) is 34.6 Å². The van der Waals surface area contributed by atoms with Crippen molar-refractivity contribution in [3.8, 4) is 0 Å². The molecule has 0 aliphatic heterocycles. The van der Waals surface area contributed by atoms with Gasteiger partial charge in [0.25, 0.3) is 0 Å². The van der Waals surface area contributed by atoms with E-state index in [1.165, 1.54) is 0 Å². The smallest absolute Gasteiger partial charge is 0.407 e. The molecular formula is C14H25FN2O3S. The van der Waals surface area contributed by atoms with Crippen LogP contribution in [0.5, 0.6) is 0 Å². The van der Waals surface area contributed by atoms with Crippen molar-refractivity contribution in [2.24, 2.45) is 0 Å². The molecule has 0 aromatic rings. The Morgan fingerprint density at radius 3 is 2.43 bits per heavy atom. The standard InChI is InChI=1S/C14H25FN2O3S/c1-10(16-6)11(2)21-19-9-12(7-15)8-17-13(18)20-14(3,4)5/h7,16H,8-9H2,1-6H3,(H,17,18)/b11-10-,12-7+. The summed E-state index contributed by atoms with van der Waals surface area (Å²) in [7, 11) is 1.82. The maximum Gasteiger partial charge on any atom is 0.407 e. The second-order valence-corrected chi connectivity index (χ2v) is 6.41. The lowest BCUT2D eigenvalue weighted by Crippen LogP contribution is -2.33.